The van der Waals surface area contributed by atoms with E-state index in [-0.39, 0.29) is 5.91 Å². The van der Waals surface area contributed by atoms with Gasteiger partial charge in [-0.25, -0.2) is 0 Å². The maximum Gasteiger partial charge on any atom is 0.232 e. The number of hydrogen-bond donors (Lipinski definition) is 1. The van der Waals surface area contributed by atoms with E-state index in [9.17, 15) is 4.79 Å². The highest BCUT2D eigenvalue weighted by Gasteiger charge is 2.53. The van der Waals surface area contributed by atoms with Crippen LogP contribution in [0.2, 0.25) is 0 Å². The molecule has 4 nitrogen and oxygen atoms in total. The van der Waals surface area contributed by atoms with Crippen LogP contribution in [0.15, 0.2) is 52.6 Å². The molecule has 1 amide bonds. The molecule has 4 heteroatoms. The molecule has 130 valence electrons. The number of carbonyl (C=O) groups excluding carboxylic acids is 1. The zero-order valence-electron chi connectivity index (χ0n) is 14.5. The fourth-order valence-electron chi connectivity index (χ4n) is 3.60. The van der Waals surface area contributed by atoms with Gasteiger partial charge in [-0.05, 0) is 44.9 Å². The molecule has 1 aromatic carbocycles. The molecule has 2 aromatic rings. The van der Waals surface area contributed by atoms with Gasteiger partial charge >= 0.3 is 0 Å². The lowest BCUT2D eigenvalue weighted by Gasteiger charge is -2.15. The van der Waals surface area contributed by atoms with Crippen LogP contribution < -0.4 is 5.32 Å². The van der Waals surface area contributed by atoms with Crippen molar-refractivity contribution in [2.45, 2.75) is 50.4 Å². The topological polar surface area (TPSA) is 55.1 Å². The second-order valence-electron chi connectivity index (χ2n) is 7.14. The van der Waals surface area contributed by atoms with Crippen molar-refractivity contribution in [1.29, 1.82) is 0 Å². The first kappa shape index (κ1) is 16.1. The van der Waals surface area contributed by atoms with Crippen molar-refractivity contribution in [3.63, 3.8) is 0 Å². The van der Waals surface area contributed by atoms with Crippen molar-refractivity contribution < 1.29 is 9.32 Å². The summed E-state index contributed by atoms with van der Waals surface area (Å²) in [6.45, 7) is 0.718. The number of allylic oxidation sites excluding steroid dienone is 1. The van der Waals surface area contributed by atoms with Gasteiger partial charge in [-0.2, -0.15) is 0 Å². The third kappa shape index (κ3) is 3.39. The molecular weight excluding hydrogens is 312 g/mol. The maximum absolute atomic E-state index is 12.7. The Hall–Kier alpha value is -2.36. The number of aromatic nitrogens is 1. The Bertz CT molecular complexity index is 772. The molecule has 0 aliphatic heterocycles. The fraction of sp³-hybridized carbons (Fsp3) is 0.429. The molecule has 0 unspecified atom stereocenters. The van der Waals surface area contributed by atoms with E-state index in [0.29, 0.717) is 0 Å². The number of carbonyl (C=O) groups is 1. The predicted octanol–water partition coefficient (Wildman–Crippen LogP) is 4.38. The van der Waals surface area contributed by atoms with Crippen LogP contribution in [-0.2, 0) is 10.2 Å². The van der Waals surface area contributed by atoms with Crippen LogP contribution >= 0.6 is 0 Å². The summed E-state index contributed by atoms with van der Waals surface area (Å²) >= 11 is 0. The summed E-state index contributed by atoms with van der Waals surface area (Å²) in [6, 6.07) is 11.8. The van der Waals surface area contributed by atoms with Gasteiger partial charge in [0, 0.05) is 18.2 Å². The average Bonchev–Trinajstić information content (AvgIpc) is 3.33. The van der Waals surface area contributed by atoms with Crippen molar-refractivity contribution in [2.75, 3.05) is 6.54 Å². The third-order valence-electron chi connectivity index (χ3n) is 5.36. The maximum atomic E-state index is 12.7. The van der Waals surface area contributed by atoms with Gasteiger partial charge in [0.15, 0.2) is 5.76 Å². The molecule has 0 atom stereocenters. The third-order valence-corrected chi connectivity index (χ3v) is 5.36. The highest BCUT2D eigenvalue weighted by atomic mass is 16.5. The van der Waals surface area contributed by atoms with Crippen LogP contribution in [0.3, 0.4) is 0 Å². The second kappa shape index (κ2) is 6.87. The van der Waals surface area contributed by atoms with Crippen LogP contribution in [0.4, 0.5) is 0 Å². The van der Waals surface area contributed by atoms with Crippen LogP contribution in [0.1, 0.15) is 50.6 Å². The molecular formula is C21H24N2O2. The quantitative estimate of drug-likeness (QED) is 0.797. The predicted molar refractivity (Wildman–Crippen MR) is 97.0 cm³/mol. The molecule has 2 aliphatic carbocycles. The molecule has 1 aromatic heterocycles. The van der Waals surface area contributed by atoms with Crippen LogP contribution in [0, 0.1) is 0 Å². The number of nitrogens with one attached hydrogen (secondary N) is 1. The summed E-state index contributed by atoms with van der Waals surface area (Å²) in [5.41, 5.74) is 2.77. The van der Waals surface area contributed by atoms with Gasteiger partial charge < -0.3 is 9.84 Å². The highest BCUT2D eigenvalue weighted by Crippen LogP contribution is 2.48. The minimum Gasteiger partial charge on any atom is -0.356 e. The van der Waals surface area contributed by atoms with E-state index in [0.717, 1.165) is 42.8 Å². The van der Waals surface area contributed by atoms with Crippen molar-refractivity contribution in [1.82, 2.24) is 10.5 Å². The number of amides is 1. The Morgan fingerprint density at radius 3 is 2.76 bits per heavy atom. The molecule has 4 rings (SSSR count). The summed E-state index contributed by atoms with van der Waals surface area (Å²) in [4.78, 5) is 12.7. The molecule has 0 saturated heterocycles. The normalized spacial score (nSPS) is 18.5. The molecule has 0 spiro atoms. The Labute approximate surface area is 148 Å². The van der Waals surface area contributed by atoms with E-state index < -0.39 is 5.41 Å². The molecule has 1 fully saturated rings. The van der Waals surface area contributed by atoms with Gasteiger partial charge in [0.25, 0.3) is 0 Å². The lowest BCUT2D eigenvalue weighted by atomic mass is 9.97. The number of rotatable bonds is 6. The van der Waals surface area contributed by atoms with Crippen LogP contribution in [0.25, 0.3) is 11.3 Å². The lowest BCUT2D eigenvalue weighted by molar-refractivity contribution is -0.123. The molecule has 1 saturated carbocycles. The van der Waals surface area contributed by atoms with E-state index >= 15 is 0 Å². The largest absolute Gasteiger partial charge is 0.356 e. The van der Waals surface area contributed by atoms with Gasteiger partial charge in [-0.3, -0.25) is 4.79 Å². The van der Waals surface area contributed by atoms with Gasteiger partial charge in [0.1, 0.15) is 0 Å². The Morgan fingerprint density at radius 2 is 2.04 bits per heavy atom. The number of nitrogens with zero attached hydrogens (tertiary/aromatic N) is 1. The molecule has 0 radical (unpaired) electrons. The van der Waals surface area contributed by atoms with Crippen molar-refractivity contribution in [3.8, 4) is 11.3 Å². The fourth-order valence-corrected chi connectivity index (χ4v) is 3.60. The van der Waals surface area contributed by atoms with E-state index in [1.54, 1.807) is 0 Å². The summed E-state index contributed by atoms with van der Waals surface area (Å²) in [5.74, 6) is 0.818. The zero-order chi connectivity index (χ0) is 17.1. The first-order valence-electron chi connectivity index (χ1n) is 9.27. The van der Waals surface area contributed by atoms with Gasteiger partial charge in [-0.1, -0.05) is 47.1 Å². The highest BCUT2D eigenvalue weighted by molar-refractivity contribution is 5.91. The summed E-state index contributed by atoms with van der Waals surface area (Å²) in [5, 5.41) is 7.32. The van der Waals surface area contributed by atoms with E-state index in [4.69, 9.17) is 4.52 Å². The zero-order valence-corrected chi connectivity index (χ0v) is 14.5. The van der Waals surface area contributed by atoms with E-state index in [2.05, 4.69) is 16.5 Å². The second-order valence-corrected chi connectivity index (χ2v) is 7.14. The minimum atomic E-state index is -0.475. The number of hydrogen-bond acceptors (Lipinski definition) is 3. The standard InChI is InChI=1S/C21H24N2O2/c24-20(22-14-11-16-7-3-1-4-8-16)21(12-13-21)19-15-18(25-23-19)17-9-5-2-6-10-17/h2,5-7,9-10,15H,1,3-4,8,11-14H2,(H,22,24). The average molecular weight is 336 g/mol. The molecule has 2 aliphatic rings. The van der Waals surface area contributed by atoms with Gasteiger partial charge in [0.05, 0.1) is 11.1 Å². The smallest absolute Gasteiger partial charge is 0.232 e. The Balaban J connectivity index is 1.39. The Morgan fingerprint density at radius 1 is 1.20 bits per heavy atom. The minimum absolute atomic E-state index is 0.0943. The van der Waals surface area contributed by atoms with E-state index in [1.165, 1.54) is 31.3 Å². The van der Waals surface area contributed by atoms with Gasteiger partial charge in [0.2, 0.25) is 5.91 Å². The number of benzene rings is 1. The molecule has 25 heavy (non-hydrogen) atoms. The first-order valence-corrected chi connectivity index (χ1v) is 9.27. The van der Waals surface area contributed by atoms with Crippen LogP contribution in [0.5, 0.6) is 0 Å². The summed E-state index contributed by atoms with van der Waals surface area (Å²) in [6.07, 6.45) is 9.96. The molecule has 1 N–H and O–H groups in total. The van der Waals surface area contributed by atoms with Crippen LogP contribution in [-0.4, -0.2) is 17.6 Å². The molecule has 1 heterocycles. The van der Waals surface area contributed by atoms with Crippen molar-refractivity contribution >= 4 is 5.91 Å². The summed E-state index contributed by atoms with van der Waals surface area (Å²) < 4.78 is 5.49. The van der Waals surface area contributed by atoms with E-state index in [1.807, 2.05) is 36.4 Å². The van der Waals surface area contributed by atoms with Gasteiger partial charge in [-0.15, -0.1) is 0 Å². The lowest BCUT2D eigenvalue weighted by Crippen LogP contribution is -2.35. The SMILES string of the molecule is O=C(NCCC1=CCCCC1)C1(c2cc(-c3ccccc3)on2)CC1. The molecule has 0 bridgehead atoms. The monoisotopic (exact) mass is 336 g/mol. The first-order chi connectivity index (χ1) is 12.3. The van der Waals surface area contributed by atoms with Crippen molar-refractivity contribution in [2.24, 2.45) is 0 Å². The summed E-state index contributed by atoms with van der Waals surface area (Å²) in [7, 11) is 0. The van der Waals surface area contributed by atoms with Crippen molar-refractivity contribution in [3.05, 3.63) is 53.7 Å². The Kier molecular flexibility index (Phi) is 4.43.